The summed E-state index contributed by atoms with van der Waals surface area (Å²) in [6, 6.07) is 10.3. The summed E-state index contributed by atoms with van der Waals surface area (Å²) in [5, 5.41) is 4.46. The highest BCUT2D eigenvalue weighted by atomic mass is 32.1. The van der Waals surface area contributed by atoms with Gasteiger partial charge in [0.15, 0.2) is 11.5 Å². The summed E-state index contributed by atoms with van der Waals surface area (Å²) in [4.78, 5) is 15.9. The van der Waals surface area contributed by atoms with Gasteiger partial charge in [0.05, 0.1) is 25.8 Å². The molecule has 0 radical (unpaired) electrons. The minimum Gasteiger partial charge on any atom is -0.493 e. The summed E-state index contributed by atoms with van der Waals surface area (Å²) in [5.74, 6) is 2.78. The number of aryl methyl sites for hydroxylation is 2. The number of rotatable bonds is 6. The van der Waals surface area contributed by atoms with E-state index >= 15 is 0 Å². The van der Waals surface area contributed by atoms with Crippen LogP contribution in [0.3, 0.4) is 0 Å². The molecule has 0 saturated heterocycles. The molecule has 30 heavy (non-hydrogen) atoms. The van der Waals surface area contributed by atoms with E-state index in [1.165, 1.54) is 20.9 Å². The first-order valence-electron chi connectivity index (χ1n) is 9.67. The first-order chi connectivity index (χ1) is 14.5. The number of hydrogen-bond donors (Lipinski definition) is 1. The molecule has 1 N–H and O–H groups in total. The number of aromatic nitrogens is 3. The molecule has 0 unspecified atom stereocenters. The molecule has 1 atom stereocenters. The fourth-order valence-electron chi connectivity index (χ4n) is 3.44. The van der Waals surface area contributed by atoms with Gasteiger partial charge in [0.2, 0.25) is 0 Å². The summed E-state index contributed by atoms with van der Waals surface area (Å²) >= 11 is 1.77. The molecule has 3 aromatic heterocycles. The Morgan fingerprint density at radius 3 is 2.50 bits per heavy atom. The maximum absolute atomic E-state index is 5.47. The molecule has 0 saturated carbocycles. The predicted molar refractivity (Wildman–Crippen MR) is 122 cm³/mol. The lowest BCUT2D eigenvalue weighted by atomic mass is 10.1. The summed E-state index contributed by atoms with van der Waals surface area (Å²) < 4.78 is 10.9. The molecule has 0 bridgehead atoms. The SMILES string of the molecule is COc1cc2nc(C)nc(N[C@@H](C)c3ccc(-c4ccncc4C)s3)c2cc1OC. The van der Waals surface area contributed by atoms with Crippen LogP contribution in [-0.4, -0.2) is 29.2 Å². The van der Waals surface area contributed by atoms with Gasteiger partial charge in [0, 0.05) is 33.6 Å². The largest absolute Gasteiger partial charge is 0.493 e. The maximum atomic E-state index is 5.47. The van der Waals surface area contributed by atoms with Gasteiger partial charge in [-0.1, -0.05) is 0 Å². The fourth-order valence-corrected chi connectivity index (χ4v) is 4.54. The van der Waals surface area contributed by atoms with Crippen molar-refractivity contribution in [3.05, 3.63) is 59.0 Å². The van der Waals surface area contributed by atoms with Crippen LogP contribution >= 0.6 is 11.3 Å². The lowest BCUT2D eigenvalue weighted by Crippen LogP contribution is -2.08. The third-order valence-electron chi connectivity index (χ3n) is 5.01. The average molecular weight is 421 g/mol. The number of nitrogens with one attached hydrogen (secondary N) is 1. The molecule has 6 nitrogen and oxygen atoms in total. The van der Waals surface area contributed by atoms with Crippen molar-refractivity contribution in [2.24, 2.45) is 0 Å². The van der Waals surface area contributed by atoms with Crippen molar-refractivity contribution in [1.82, 2.24) is 15.0 Å². The minimum absolute atomic E-state index is 0.0801. The van der Waals surface area contributed by atoms with Crippen LogP contribution in [0.2, 0.25) is 0 Å². The Morgan fingerprint density at radius 1 is 1.00 bits per heavy atom. The monoisotopic (exact) mass is 420 g/mol. The Morgan fingerprint density at radius 2 is 1.77 bits per heavy atom. The third-order valence-corrected chi connectivity index (χ3v) is 6.31. The Balaban J connectivity index is 1.68. The second-order valence-electron chi connectivity index (χ2n) is 7.10. The molecule has 0 spiro atoms. The Hall–Kier alpha value is -3.19. The second kappa shape index (κ2) is 8.28. The lowest BCUT2D eigenvalue weighted by Gasteiger charge is -2.16. The third kappa shape index (κ3) is 3.80. The highest BCUT2D eigenvalue weighted by Crippen LogP contribution is 2.37. The Kier molecular flexibility index (Phi) is 5.55. The summed E-state index contributed by atoms with van der Waals surface area (Å²) in [7, 11) is 3.25. The molecule has 0 aliphatic heterocycles. The molecular weight excluding hydrogens is 396 g/mol. The minimum atomic E-state index is 0.0801. The van der Waals surface area contributed by atoms with Gasteiger partial charge >= 0.3 is 0 Å². The standard InChI is InChI=1S/C23H24N4O2S/c1-13-12-24-9-8-16(13)22-7-6-21(30-22)14(2)25-23-17-10-19(28-4)20(29-5)11-18(17)26-15(3)27-23/h6-12,14H,1-5H3,(H,25,26,27)/t14-/m0/s1. The number of fused-ring (bicyclic) bond motifs is 1. The fraction of sp³-hybridized carbons (Fsp3) is 0.261. The molecule has 0 amide bonds. The number of benzene rings is 1. The van der Waals surface area contributed by atoms with E-state index in [0.717, 1.165) is 16.7 Å². The zero-order chi connectivity index (χ0) is 21.3. The van der Waals surface area contributed by atoms with Crippen LogP contribution in [0.15, 0.2) is 42.7 Å². The number of nitrogens with zero attached hydrogens (tertiary/aromatic N) is 3. The number of pyridine rings is 1. The Labute approximate surface area is 179 Å². The quantitative estimate of drug-likeness (QED) is 0.440. The molecule has 7 heteroatoms. The van der Waals surface area contributed by atoms with E-state index in [2.05, 4.69) is 52.3 Å². The highest BCUT2D eigenvalue weighted by Gasteiger charge is 2.16. The van der Waals surface area contributed by atoms with E-state index in [0.29, 0.717) is 17.3 Å². The van der Waals surface area contributed by atoms with Gasteiger partial charge in [0.25, 0.3) is 0 Å². The van der Waals surface area contributed by atoms with Gasteiger partial charge < -0.3 is 14.8 Å². The lowest BCUT2D eigenvalue weighted by molar-refractivity contribution is 0.356. The van der Waals surface area contributed by atoms with Gasteiger partial charge in [-0.25, -0.2) is 9.97 Å². The predicted octanol–water partition coefficient (Wildman–Crippen LogP) is 5.56. The summed E-state index contributed by atoms with van der Waals surface area (Å²) in [6.45, 7) is 6.11. The van der Waals surface area contributed by atoms with Crippen molar-refractivity contribution in [1.29, 1.82) is 0 Å². The topological polar surface area (TPSA) is 69.2 Å². The molecule has 4 aromatic rings. The molecule has 154 valence electrons. The van der Waals surface area contributed by atoms with Crippen molar-refractivity contribution < 1.29 is 9.47 Å². The number of thiophene rings is 1. The zero-order valence-corrected chi connectivity index (χ0v) is 18.5. The molecule has 4 rings (SSSR count). The first kappa shape index (κ1) is 20.1. The van der Waals surface area contributed by atoms with Gasteiger partial charge in [-0.2, -0.15) is 0 Å². The van der Waals surface area contributed by atoms with E-state index < -0.39 is 0 Å². The van der Waals surface area contributed by atoms with Crippen molar-refractivity contribution in [3.8, 4) is 21.9 Å². The van der Waals surface area contributed by atoms with Crippen molar-refractivity contribution in [2.45, 2.75) is 26.8 Å². The maximum Gasteiger partial charge on any atom is 0.162 e. The van der Waals surface area contributed by atoms with E-state index in [1.807, 2.05) is 31.5 Å². The first-order valence-corrected chi connectivity index (χ1v) is 10.5. The zero-order valence-electron chi connectivity index (χ0n) is 17.7. The van der Waals surface area contributed by atoms with E-state index in [4.69, 9.17) is 9.47 Å². The molecule has 0 fully saturated rings. The van der Waals surface area contributed by atoms with Crippen LogP contribution in [0.4, 0.5) is 5.82 Å². The van der Waals surface area contributed by atoms with Crippen LogP contribution < -0.4 is 14.8 Å². The van der Waals surface area contributed by atoms with Gasteiger partial charge in [0.1, 0.15) is 11.6 Å². The molecule has 1 aromatic carbocycles. The van der Waals surface area contributed by atoms with Crippen LogP contribution in [0.5, 0.6) is 11.5 Å². The van der Waals surface area contributed by atoms with Crippen molar-refractivity contribution in [2.75, 3.05) is 19.5 Å². The summed E-state index contributed by atoms with van der Waals surface area (Å²) in [5.41, 5.74) is 3.20. The molecule has 0 aliphatic rings. The number of ether oxygens (including phenoxy) is 2. The van der Waals surface area contributed by atoms with Crippen LogP contribution in [0.25, 0.3) is 21.3 Å². The Bertz CT molecular complexity index is 1210. The van der Waals surface area contributed by atoms with Crippen molar-refractivity contribution in [3.63, 3.8) is 0 Å². The van der Waals surface area contributed by atoms with Gasteiger partial charge in [-0.05, 0) is 56.2 Å². The summed E-state index contributed by atoms with van der Waals surface area (Å²) in [6.07, 6.45) is 3.73. The molecule has 3 heterocycles. The highest BCUT2D eigenvalue weighted by molar-refractivity contribution is 7.15. The number of methoxy groups -OCH3 is 2. The smallest absolute Gasteiger partial charge is 0.162 e. The van der Waals surface area contributed by atoms with Crippen LogP contribution in [-0.2, 0) is 0 Å². The number of anilines is 1. The van der Waals surface area contributed by atoms with Crippen LogP contribution in [0.1, 0.15) is 29.2 Å². The average Bonchev–Trinajstić information content (AvgIpc) is 3.23. The second-order valence-corrected chi connectivity index (χ2v) is 8.22. The van der Waals surface area contributed by atoms with Crippen LogP contribution in [0, 0.1) is 13.8 Å². The molecular formula is C23H24N4O2S. The van der Waals surface area contributed by atoms with Gasteiger partial charge in [-0.3, -0.25) is 4.98 Å². The van der Waals surface area contributed by atoms with E-state index in [-0.39, 0.29) is 6.04 Å². The van der Waals surface area contributed by atoms with E-state index in [9.17, 15) is 0 Å². The van der Waals surface area contributed by atoms with Gasteiger partial charge in [-0.15, -0.1) is 11.3 Å². The number of hydrogen-bond acceptors (Lipinski definition) is 7. The van der Waals surface area contributed by atoms with E-state index in [1.54, 1.807) is 25.6 Å². The normalized spacial score (nSPS) is 12.0. The van der Waals surface area contributed by atoms with Crippen molar-refractivity contribution >= 4 is 28.1 Å². The molecule has 0 aliphatic carbocycles.